The number of rotatable bonds is 14. The Balaban J connectivity index is 0.865. The van der Waals surface area contributed by atoms with E-state index in [0.29, 0.717) is 64.7 Å². The Bertz CT molecular complexity index is 2810. The van der Waals surface area contributed by atoms with Crippen molar-refractivity contribution in [3.05, 3.63) is 118 Å². The Morgan fingerprint density at radius 1 is 0.789 bits per heavy atom. The van der Waals surface area contributed by atoms with Crippen LogP contribution in [-0.4, -0.2) is 117 Å². The molecule has 5 unspecified atom stereocenters. The first kappa shape index (κ1) is 49.0. The van der Waals surface area contributed by atoms with Gasteiger partial charge in [0.1, 0.15) is 12.6 Å². The highest BCUT2D eigenvalue weighted by atomic mass is 19.3. The molecule has 2 N–H and O–H groups in total. The molecule has 0 spiro atoms. The summed E-state index contributed by atoms with van der Waals surface area (Å²) < 4.78 is 58.6. The van der Waals surface area contributed by atoms with Crippen LogP contribution in [0.25, 0.3) is 10.9 Å². The molecule has 5 heterocycles. The van der Waals surface area contributed by atoms with Gasteiger partial charge in [-0.2, -0.15) is 0 Å². The van der Waals surface area contributed by atoms with Gasteiger partial charge in [-0.05, 0) is 114 Å². The number of aromatic nitrogens is 1. The molecule has 1 aromatic heterocycles. The lowest BCUT2D eigenvalue weighted by Crippen LogP contribution is -2.47. The number of piperidine rings is 1. The second-order valence-electron chi connectivity index (χ2n) is 18.8. The molecule has 2 fully saturated rings. The van der Waals surface area contributed by atoms with Gasteiger partial charge in [-0.3, -0.25) is 24.3 Å². The molecular formula is C54H60F2N6O9. The van der Waals surface area contributed by atoms with Gasteiger partial charge in [-0.25, -0.2) is 13.6 Å². The van der Waals surface area contributed by atoms with E-state index in [1.807, 2.05) is 17.0 Å². The minimum atomic E-state index is -3.31. The highest BCUT2D eigenvalue weighted by Gasteiger charge is 2.50. The molecule has 17 heteroatoms. The van der Waals surface area contributed by atoms with Gasteiger partial charge >= 0.3 is 6.09 Å². The van der Waals surface area contributed by atoms with Gasteiger partial charge in [0.05, 0.1) is 58.7 Å². The Kier molecular flexibility index (Phi) is 14.3. The number of hydrogen-bond acceptors (Lipinski definition) is 11. The summed E-state index contributed by atoms with van der Waals surface area (Å²) in [5.74, 6) is -2.18. The number of hydrogen-bond donors (Lipinski definition) is 2. The zero-order valence-electron chi connectivity index (χ0n) is 40.7. The number of fused-ring (bicyclic) bond motifs is 5. The molecule has 15 nitrogen and oxygen atoms in total. The Hall–Kier alpha value is -7.01. The first-order valence-corrected chi connectivity index (χ1v) is 24.2. The van der Waals surface area contributed by atoms with Gasteiger partial charge in [0.15, 0.2) is 23.0 Å². The van der Waals surface area contributed by atoms with Crippen molar-refractivity contribution in [1.29, 1.82) is 0 Å². The van der Waals surface area contributed by atoms with E-state index < -0.39 is 55.3 Å². The molecule has 0 aliphatic carbocycles. The number of halogens is 2. The second-order valence-corrected chi connectivity index (χ2v) is 18.8. The number of carbonyl (C=O) groups excluding carboxylic acids is 4. The number of benzene rings is 4. The van der Waals surface area contributed by atoms with Crippen molar-refractivity contribution >= 4 is 40.4 Å². The van der Waals surface area contributed by atoms with Crippen LogP contribution in [0.15, 0.2) is 85.1 Å². The maximum atomic E-state index is 14.8. The highest BCUT2D eigenvalue weighted by Crippen LogP contribution is 2.49. The first-order chi connectivity index (χ1) is 34.3. The van der Waals surface area contributed by atoms with Crippen molar-refractivity contribution in [2.45, 2.75) is 76.1 Å². The summed E-state index contributed by atoms with van der Waals surface area (Å²) in [6, 6.07) is 21.7. The summed E-state index contributed by atoms with van der Waals surface area (Å²) in [6.07, 6.45) is 4.28. The van der Waals surface area contributed by atoms with Crippen LogP contribution in [0, 0.1) is 11.8 Å². The van der Waals surface area contributed by atoms with Crippen LogP contribution in [0.3, 0.4) is 0 Å². The third-order valence-electron chi connectivity index (χ3n) is 14.8. The smallest absolute Gasteiger partial charge is 0.410 e. The fourth-order valence-corrected chi connectivity index (χ4v) is 11.1. The number of nitrogens with one attached hydrogen (secondary N) is 2. The van der Waals surface area contributed by atoms with E-state index in [1.165, 1.54) is 23.4 Å². The van der Waals surface area contributed by atoms with Crippen LogP contribution < -0.4 is 29.6 Å². The zero-order chi connectivity index (χ0) is 50.0. The van der Waals surface area contributed by atoms with Crippen LogP contribution in [0.5, 0.6) is 23.0 Å². The van der Waals surface area contributed by atoms with E-state index >= 15 is 0 Å². The summed E-state index contributed by atoms with van der Waals surface area (Å²) in [5.41, 5.74) is 6.43. The van der Waals surface area contributed by atoms with Crippen LogP contribution in [0.2, 0.25) is 0 Å². The normalized spacial score (nSPS) is 21.3. The van der Waals surface area contributed by atoms with Crippen LogP contribution >= 0.6 is 0 Å². The number of amides is 4. The van der Waals surface area contributed by atoms with E-state index in [4.69, 9.17) is 23.7 Å². The maximum Gasteiger partial charge on any atom is 0.410 e. The largest absolute Gasteiger partial charge is 0.493 e. The molecule has 9 rings (SSSR count). The number of ether oxygens (including phenoxy) is 5. The number of alkyl halides is 2. The lowest BCUT2D eigenvalue weighted by atomic mass is 9.72. The standard InChI is InChI=1S/C54H60F2N6O9/c1-6-33-29-60-19-16-34-23-46(67-2)48(69-4)25-40(34)43(60)21-36(33)22-44-41-26-49(70-5)47(68-3)24-35(41)17-20-61(44)53(66)71-30-32-11-13-37(14-12-32)59-52(65)45-27-54(55,56)31-62(45)50(63)28-58-51(64)39-15-18-57-42-10-8-7-9-38(39)42/h7-15,18,23-26,33,36,43-45H,6,16-17,19-22,27-31H2,1-5H3,(H,58,64)(H,59,65). The third-order valence-corrected chi connectivity index (χ3v) is 14.8. The molecule has 5 aromatic rings. The van der Waals surface area contributed by atoms with E-state index in [9.17, 15) is 28.0 Å². The van der Waals surface area contributed by atoms with Crippen LogP contribution in [0.1, 0.15) is 82.9 Å². The third kappa shape index (κ3) is 10.1. The molecule has 4 aliphatic rings. The van der Waals surface area contributed by atoms with Gasteiger partial charge in [0.2, 0.25) is 11.8 Å². The summed E-state index contributed by atoms with van der Waals surface area (Å²) >= 11 is 0. The molecule has 4 aliphatic heterocycles. The summed E-state index contributed by atoms with van der Waals surface area (Å²) in [4.78, 5) is 63.7. The number of anilines is 1. The van der Waals surface area contributed by atoms with Gasteiger partial charge in [-0.1, -0.05) is 43.7 Å². The molecule has 4 aromatic carbocycles. The Labute approximate surface area is 411 Å². The summed E-state index contributed by atoms with van der Waals surface area (Å²) in [6.45, 7) is 2.97. The van der Waals surface area contributed by atoms with E-state index in [0.717, 1.165) is 54.1 Å². The number of carbonyl (C=O) groups is 4. The lowest BCUT2D eigenvalue weighted by Gasteiger charge is -2.49. The van der Waals surface area contributed by atoms with Crippen molar-refractivity contribution in [1.82, 2.24) is 25.0 Å². The molecular weight excluding hydrogens is 915 g/mol. The Morgan fingerprint density at radius 2 is 1.45 bits per heavy atom. The number of pyridine rings is 1. The second kappa shape index (κ2) is 20.8. The molecule has 0 radical (unpaired) electrons. The van der Waals surface area contributed by atoms with Gasteiger partial charge in [0, 0.05) is 49.4 Å². The molecule has 0 saturated carbocycles. The van der Waals surface area contributed by atoms with Crippen molar-refractivity contribution in [3.63, 3.8) is 0 Å². The fraction of sp³-hybridized carbons (Fsp3) is 0.426. The van der Waals surface area contributed by atoms with Crippen molar-refractivity contribution < 1.29 is 51.6 Å². The SMILES string of the molecule is CCC1CN2CCc3cc(OC)c(OC)cc3C2CC1CC1c2cc(OC)c(OC)cc2CCN1C(=O)OCc1ccc(NC(=O)C2CC(F)(F)CN2C(=O)CNC(=O)c2ccnc3ccccc23)cc1. The van der Waals surface area contributed by atoms with Crippen molar-refractivity contribution in [2.24, 2.45) is 11.8 Å². The van der Waals surface area contributed by atoms with E-state index in [-0.39, 0.29) is 30.2 Å². The predicted molar refractivity (Wildman–Crippen MR) is 261 cm³/mol. The minimum absolute atomic E-state index is 0.0622. The number of para-hydroxylation sites is 1. The topological polar surface area (TPSA) is 161 Å². The highest BCUT2D eigenvalue weighted by molar-refractivity contribution is 6.07. The molecule has 71 heavy (non-hydrogen) atoms. The van der Waals surface area contributed by atoms with Crippen LogP contribution in [-0.2, 0) is 33.8 Å². The monoisotopic (exact) mass is 974 g/mol. The number of likely N-dealkylation sites (tertiary alicyclic amines) is 1. The molecule has 4 amide bonds. The zero-order valence-corrected chi connectivity index (χ0v) is 40.7. The van der Waals surface area contributed by atoms with Gasteiger partial charge < -0.3 is 44.1 Å². The number of methoxy groups -OCH3 is 4. The van der Waals surface area contributed by atoms with Crippen molar-refractivity contribution in [2.75, 3.05) is 66.5 Å². The van der Waals surface area contributed by atoms with Gasteiger partial charge in [-0.15, -0.1) is 0 Å². The predicted octanol–water partition coefficient (Wildman–Crippen LogP) is 8.15. The first-order valence-electron chi connectivity index (χ1n) is 24.2. The van der Waals surface area contributed by atoms with E-state index in [1.54, 1.807) is 77.0 Å². The van der Waals surface area contributed by atoms with Crippen molar-refractivity contribution in [3.8, 4) is 23.0 Å². The number of nitrogens with zero attached hydrogens (tertiary/aromatic N) is 4. The summed E-state index contributed by atoms with van der Waals surface area (Å²) in [5, 5.41) is 5.75. The lowest BCUT2D eigenvalue weighted by molar-refractivity contribution is -0.136. The quantitative estimate of drug-likeness (QED) is 0.111. The van der Waals surface area contributed by atoms with E-state index in [2.05, 4.69) is 39.6 Å². The van der Waals surface area contributed by atoms with Gasteiger partial charge in [0.25, 0.3) is 11.8 Å². The van der Waals surface area contributed by atoms with Crippen LogP contribution in [0.4, 0.5) is 19.3 Å². The molecule has 5 atom stereocenters. The molecule has 0 bridgehead atoms. The molecule has 374 valence electrons. The maximum absolute atomic E-state index is 14.8. The fourth-order valence-electron chi connectivity index (χ4n) is 11.1. The Morgan fingerprint density at radius 3 is 2.15 bits per heavy atom. The minimum Gasteiger partial charge on any atom is -0.493 e. The molecule has 2 saturated heterocycles. The summed E-state index contributed by atoms with van der Waals surface area (Å²) in [7, 11) is 6.55. The average molecular weight is 975 g/mol. The average Bonchev–Trinajstić information content (AvgIpc) is 3.73.